The predicted octanol–water partition coefficient (Wildman–Crippen LogP) is 3.56. The molecule has 0 spiro atoms. The van der Waals surface area contributed by atoms with Crippen molar-refractivity contribution in [3.8, 4) is 10.6 Å². The first-order valence-corrected chi connectivity index (χ1v) is 5.99. The van der Waals surface area contributed by atoms with E-state index in [-0.39, 0.29) is 5.01 Å². The van der Waals surface area contributed by atoms with Gasteiger partial charge >= 0.3 is 5.69 Å². The van der Waals surface area contributed by atoms with Crippen molar-refractivity contribution < 1.29 is 13.7 Å². The van der Waals surface area contributed by atoms with Crippen molar-refractivity contribution in [1.82, 2.24) is 4.98 Å². The molecule has 0 aliphatic heterocycles. The van der Waals surface area contributed by atoms with Crippen LogP contribution in [-0.4, -0.2) is 9.91 Å². The zero-order chi connectivity index (χ0) is 13.3. The number of halogens is 2. The number of nitro benzene ring substituents is 1. The van der Waals surface area contributed by atoms with E-state index in [9.17, 15) is 18.9 Å². The number of hydrogen-bond donors (Lipinski definition) is 0. The minimum absolute atomic E-state index is 0.116. The number of thiazole rings is 1. The van der Waals surface area contributed by atoms with Crippen molar-refractivity contribution in [2.24, 2.45) is 0 Å². The smallest absolute Gasteiger partial charge is 0.258 e. The number of nitrogens with zero attached hydrogens (tertiary/aromatic N) is 2. The SMILES string of the molecule is CCc1csc(-c2c(F)ccc([N+](=O)[O-])c2F)n1. The molecule has 1 heterocycles. The maximum Gasteiger partial charge on any atom is 0.305 e. The quantitative estimate of drug-likeness (QED) is 0.633. The minimum atomic E-state index is -1.18. The van der Waals surface area contributed by atoms with Gasteiger partial charge in [-0.25, -0.2) is 9.37 Å². The third kappa shape index (κ3) is 2.08. The van der Waals surface area contributed by atoms with Gasteiger partial charge in [0.1, 0.15) is 10.8 Å². The van der Waals surface area contributed by atoms with Gasteiger partial charge in [0, 0.05) is 11.4 Å². The van der Waals surface area contributed by atoms with Crippen molar-refractivity contribution in [1.29, 1.82) is 0 Å². The number of benzene rings is 1. The summed E-state index contributed by atoms with van der Waals surface area (Å²) < 4.78 is 27.5. The summed E-state index contributed by atoms with van der Waals surface area (Å²) in [5.41, 5.74) is -0.492. The molecule has 2 rings (SSSR count). The highest BCUT2D eigenvalue weighted by Crippen LogP contribution is 2.33. The van der Waals surface area contributed by atoms with E-state index in [0.29, 0.717) is 12.1 Å². The average molecular weight is 270 g/mol. The van der Waals surface area contributed by atoms with Gasteiger partial charge in [-0.2, -0.15) is 4.39 Å². The average Bonchev–Trinajstić information content (AvgIpc) is 2.77. The molecule has 1 aromatic heterocycles. The summed E-state index contributed by atoms with van der Waals surface area (Å²) in [6.07, 6.45) is 0.634. The summed E-state index contributed by atoms with van der Waals surface area (Å²) in [4.78, 5) is 13.8. The number of aryl methyl sites for hydroxylation is 1. The van der Waals surface area contributed by atoms with Crippen LogP contribution >= 0.6 is 11.3 Å². The van der Waals surface area contributed by atoms with Crippen LogP contribution in [0.25, 0.3) is 10.6 Å². The zero-order valence-electron chi connectivity index (χ0n) is 9.31. The van der Waals surface area contributed by atoms with Crippen molar-refractivity contribution in [2.75, 3.05) is 0 Å². The highest BCUT2D eigenvalue weighted by Gasteiger charge is 2.24. The molecule has 18 heavy (non-hydrogen) atoms. The van der Waals surface area contributed by atoms with E-state index < -0.39 is 27.8 Å². The van der Waals surface area contributed by atoms with Gasteiger partial charge in [0.15, 0.2) is 0 Å². The molecule has 0 aliphatic carbocycles. The van der Waals surface area contributed by atoms with Crippen LogP contribution in [0.3, 0.4) is 0 Å². The Balaban J connectivity index is 2.62. The Morgan fingerprint density at radius 2 is 2.17 bits per heavy atom. The second-order valence-corrected chi connectivity index (χ2v) is 4.37. The monoisotopic (exact) mass is 270 g/mol. The summed E-state index contributed by atoms with van der Waals surface area (Å²) in [6, 6.07) is 1.69. The van der Waals surface area contributed by atoms with Gasteiger partial charge in [-0.05, 0) is 12.5 Å². The van der Waals surface area contributed by atoms with Crippen molar-refractivity contribution in [3.05, 3.63) is 45.0 Å². The molecule has 0 unspecified atom stereocenters. The Morgan fingerprint density at radius 1 is 1.44 bits per heavy atom. The first-order valence-electron chi connectivity index (χ1n) is 5.11. The Hall–Kier alpha value is -1.89. The molecule has 0 radical (unpaired) electrons. The van der Waals surface area contributed by atoms with Gasteiger partial charge in [0.2, 0.25) is 5.82 Å². The molecule has 1 aromatic carbocycles. The number of rotatable bonds is 3. The molecule has 0 saturated heterocycles. The Labute approximate surface area is 105 Å². The number of hydrogen-bond acceptors (Lipinski definition) is 4. The molecule has 0 aliphatic rings. The van der Waals surface area contributed by atoms with Gasteiger partial charge < -0.3 is 0 Å². The van der Waals surface area contributed by atoms with Crippen LogP contribution in [0, 0.1) is 21.7 Å². The highest BCUT2D eigenvalue weighted by atomic mass is 32.1. The summed E-state index contributed by atoms with van der Waals surface area (Å²) in [5, 5.41) is 12.4. The topological polar surface area (TPSA) is 56.0 Å². The van der Waals surface area contributed by atoms with Crippen LogP contribution in [-0.2, 0) is 6.42 Å². The molecule has 0 N–H and O–H groups in total. The lowest BCUT2D eigenvalue weighted by Crippen LogP contribution is -1.97. The number of nitro groups is 1. The maximum atomic E-state index is 13.9. The van der Waals surface area contributed by atoms with Crippen molar-refractivity contribution >= 4 is 17.0 Å². The minimum Gasteiger partial charge on any atom is -0.258 e. The fourth-order valence-electron chi connectivity index (χ4n) is 1.46. The van der Waals surface area contributed by atoms with Crippen LogP contribution in [0.2, 0.25) is 0 Å². The summed E-state index contributed by atoms with van der Waals surface area (Å²) >= 11 is 1.06. The molecule has 0 bridgehead atoms. The standard InChI is InChI=1S/C11H8F2N2O2S/c1-2-6-5-18-11(14-6)9-7(12)3-4-8(10(9)13)15(16)17/h3-5H,2H2,1H3. The summed E-state index contributed by atoms with van der Waals surface area (Å²) in [6.45, 7) is 1.86. The van der Waals surface area contributed by atoms with Crippen LogP contribution in [0.15, 0.2) is 17.5 Å². The van der Waals surface area contributed by atoms with Crippen LogP contribution in [0.4, 0.5) is 14.5 Å². The highest BCUT2D eigenvalue weighted by molar-refractivity contribution is 7.13. The van der Waals surface area contributed by atoms with Crippen molar-refractivity contribution in [3.63, 3.8) is 0 Å². The molecule has 7 heteroatoms. The molecule has 0 amide bonds. The van der Waals surface area contributed by atoms with E-state index in [1.165, 1.54) is 0 Å². The van der Waals surface area contributed by atoms with Gasteiger partial charge in [0.25, 0.3) is 0 Å². The second-order valence-electron chi connectivity index (χ2n) is 3.51. The van der Waals surface area contributed by atoms with E-state index in [1.807, 2.05) is 6.92 Å². The lowest BCUT2D eigenvalue weighted by molar-refractivity contribution is -0.387. The van der Waals surface area contributed by atoms with Gasteiger partial charge in [-0.3, -0.25) is 10.1 Å². The Morgan fingerprint density at radius 3 is 2.72 bits per heavy atom. The Bertz CT molecular complexity index is 613. The molecule has 0 saturated carbocycles. The van der Waals surface area contributed by atoms with Gasteiger partial charge in [-0.15, -0.1) is 11.3 Å². The first kappa shape index (κ1) is 12.6. The number of aromatic nitrogens is 1. The lowest BCUT2D eigenvalue weighted by Gasteiger charge is -2.01. The van der Waals surface area contributed by atoms with Gasteiger partial charge in [-0.1, -0.05) is 6.92 Å². The first-order chi connectivity index (χ1) is 8.54. The van der Waals surface area contributed by atoms with E-state index in [1.54, 1.807) is 5.38 Å². The van der Waals surface area contributed by atoms with E-state index >= 15 is 0 Å². The molecule has 0 fully saturated rings. The molecule has 94 valence electrons. The van der Waals surface area contributed by atoms with Crippen LogP contribution in [0.5, 0.6) is 0 Å². The second kappa shape index (κ2) is 4.77. The van der Waals surface area contributed by atoms with E-state index in [0.717, 1.165) is 23.5 Å². The third-order valence-corrected chi connectivity index (χ3v) is 3.30. The van der Waals surface area contributed by atoms with Crippen molar-refractivity contribution in [2.45, 2.75) is 13.3 Å². The van der Waals surface area contributed by atoms with Crippen LogP contribution in [0.1, 0.15) is 12.6 Å². The predicted molar refractivity (Wildman–Crippen MR) is 63.5 cm³/mol. The Kier molecular flexibility index (Phi) is 3.33. The molecule has 0 atom stereocenters. The molecular formula is C11H8F2N2O2S. The third-order valence-electron chi connectivity index (χ3n) is 2.40. The lowest BCUT2D eigenvalue weighted by atomic mass is 10.2. The van der Waals surface area contributed by atoms with E-state index in [4.69, 9.17) is 0 Å². The fraction of sp³-hybridized carbons (Fsp3) is 0.182. The molecule has 2 aromatic rings. The summed E-state index contributed by atoms with van der Waals surface area (Å²) in [7, 11) is 0. The van der Waals surface area contributed by atoms with Crippen LogP contribution < -0.4 is 0 Å². The molecular weight excluding hydrogens is 262 g/mol. The van der Waals surface area contributed by atoms with E-state index in [2.05, 4.69) is 4.98 Å². The molecule has 4 nitrogen and oxygen atoms in total. The maximum absolute atomic E-state index is 13.9. The zero-order valence-corrected chi connectivity index (χ0v) is 10.1. The largest absolute Gasteiger partial charge is 0.305 e. The summed E-state index contributed by atoms with van der Waals surface area (Å²) in [5.74, 6) is -2.04. The normalized spacial score (nSPS) is 10.6. The fourth-order valence-corrected chi connectivity index (χ4v) is 2.40. The van der Waals surface area contributed by atoms with Gasteiger partial charge in [0.05, 0.1) is 16.2 Å².